The quantitative estimate of drug-likeness (QED) is 0.813. The Kier molecular flexibility index (Phi) is 5.58. The van der Waals surface area contributed by atoms with Crippen LogP contribution in [0.4, 0.5) is 0 Å². The van der Waals surface area contributed by atoms with Gasteiger partial charge in [-0.05, 0) is 37.1 Å². The maximum Gasteiger partial charge on any atom is 0.251 e. The lowest BCUT2D eigenvalue weighted by Crippen LogP contribution is -2.26. The fourth-order valence-corrected chi connectivity index (χ4v) is 3.51. The Balaban J connectivity index is 1.68. The van der Waals surface area contributed by atoms with Gasteiger partial charge < -0.3 is 10.1 Å². The number of ether oxygens (including phenoxy) is 1. The molecule has 0 unspecified atom stereocenters. The van der Waals surface area contributed by atoms with Gasteiger partial charge in [0.05, 0.1) is 7.11 Å². The fraction of sp³-hybridized carbons (Fsp3) is 0.533. The number of rotatable bonds is 6. The minimum atomic E-state index is -0.00493. The van der Waals surface area contributed by atoms with Crippen molar-refractivity contribution in [3.8, 4) is 5.75 Å². The molecule has 0 radical (unpaired) electrons. The maximum atomic E-state index is 11.9. The van der Waals surface area contributed by atoms with Crippen LogP contribution in [0.3, 0.4) is 0 Å². The SMILES string of the molecule is COc1ccc(C(=O)NCCSC2CCCC2)cc1. The number of amides is 1. The van der Waals surface area contributed by atoms with Crippen molar-refractivity contribution in [2.24, 2.45) is 0 Å². The molecule has 0 aromatic heterocycles. The highest BCUT2D eigenvalue weighted by Crippen LogP contribution is 2.28. The predicted molar refractivity (Wildman–Crippen MR) is 80.0 cm³/mol. The van der Waals surface area contributed by atoms with E-state index in [2.05, 4.69) is 5.32 Å². The van der Waals surface area contributed by atoms with Gasteiger partial charge in [0, 0.05) is 23.1 Å². The maximum absolute atomic E-state index is 11.9. The molecular formula is C15H21NO2S. The molecule has 4 heteroatoms. The summed E-state index contributed by atoms with van der Waals surface area (Å²) in [5.74, 6) is 1.77. The summed E-state index contributed by atoms with van der Waals surface area (Å²) in [6.45, 7) is 0.742. The molecule has 104 valence electrons. The molecule has 1 aromatic rings. The van der Waals surface area contributed by atoms with Gasteiger partial charge in [-0.15, -0.1) is 0 Å². The molecular weight excluding hydrogens is 258 g/mol. The molecule has 0 heterocycles. The number of hydrogen-bond donors (Lipinski definition) is 1. The molecule has 1 N–H and O–H groups in total. The van der Waals surface area contributed by atoms with Gasteiger partial charge in [-0.3, -0.25) is 4.79 Å². The third-order valence-electron chi connectivity index (χ3n) is 3.40. The van der Waals surface area contributed by atoms with Gasteiger partial charge >= 0.3 is 0 Å². The van der Waals surface area contributed by atoms with Crippen molar-refractivity contribution in [1.82, 2.24) is 5.32 Å². The van der Waals surface area contributed by atoms with Crippen molar-refractivity contribution in [1.29, 1.82) is 0 Å². The van der Waals surface area contributed by atoms with Crippen LogP contribution in [-0.4, -0.2) is 30.6 Å². The Morgan fingerprint density at radius 1 is 1.32 bits per heavy atom. The lowest BCUT2D eigenvalue weighted by molar-refractivity contribution is 0.0956. The Labute approximate surface area is 119 Å². The van der Waals surface area contributed by atoms with E-state index in [1.807, 2.05) is 23.9 Å². The minimum absolute atomic E-state index is 0.00493. The average molecular weight is 279 g/mol. The highest BCUT2D eigenvalue weighted by atomic mass is 32.2. The van der Waals surface area contributed by atoms with Crippen molar-refractivity contribution < 1.29 is 9.53 Å². The van der Waals surface area contributed by atoms with E-state index in [0.29, 0.717) is 5.56 Å². The second-order valence-electron chi connectivity index (χ2n) is 4.76. The molecule has 1 aromatic carbocycles. The third-order valence-corrected chi connectivity index (χ3v) is 4.78. The molecule has 3 nitrogen and oxygen atoms in total. The highest BCUT2D eigenvalue weighted by molar-refractivity contribution is 7.99. The van der Waals surface area contributed by atoms with Crippen LogP contribution >= 0.6 is 11.8 Å². The Morgan fingerprint density at radius 2 is 2.00 bits per heavy atom. The van der Waals surface area contributed by atoms with E-state index in [1.54, 1.807) is 19.2 Å². The summed E-state index contributed by atoms with van der Waals surface area (Å²) in [4.78, 5) is 11.9. The number of benzene rings is 1. The molecule has 1 amide bonds. The number of hydrogen-bond acceptors (Lipinski definition) is 3. The minimum Gasteiger partial charge on any atom is -0.497 e. The topological polar surface area (TPSA) is 38.3 Å². The molecule has 1 aliphatic carbocycles. The summed E-state index contributed by atoms with van der Waals surface area (Å²) in [6.07, 6.45) is 5.43. The van der Waals surface area contributed by atoms with Crippen LogP contribution < -0.4 is 10.1 Å². The summed E-state index contributed by atoms with van der Waals surface area (Å²) in [7, 11) is 1.62. The zero-order valence-corrected chi connectivity index (χ0v) is 12.2. The lowest BCUT2D eigenvalue weighted by Gasteiger charge is -2.09. The second kappa shape index (κ2) is 7.43. The van der Waals surface area contributed by atoms with Crippen LogP contribution in [0.15, 0.2) is 24.3 Å². The molecule has 1 saturated carbocycles. The molecule has 1 aliphatic rings. The van der Waals surface area contributed by atoms with Crippen molar-refractivity contribution >= 4 is 17.7 Å². The molecule has 0 spiro atoms. The first-order valence-corrected chi connectivity index (χ1v) is 7.88. The van der Waals surface area contributed by atoms with Gasteiger partial charge in [0.25, 0.3) is 5.91 Å². The van der Waals surface area contributed by atoms with Crippen LogP contribution in [0.2, 0.25) is 0 Å². The summed E-state index contributed by atoms with van der Waals surface area (Å²) < 4.78 is 5.07. The molecule has 0 saturated heterocycles. The summed E-state index contributed by atoms with van der Waals surface area (Å²) in [5, 5.41) is 3.78. The van der Waals surface area contributed by atoms with E-state index in [9.17, 15) is 4.79 Å². The molecule has 0 aliphatic heterocycles. The van der Waals surface area contributed by atoms with Crippen LogP contribution in [0, 0.1) is 0 Å². The first kappa shape index (κ1) is 14.3. The molecule has 0 bridgehead atoms. The van der Waals surface area contributed by atoms with Crippen molar-refractivity contribution in [2.45, 2.75) is 30.9 Å². The number of nitrogens with one attached hydrogen (secondary N) is 1. The first-order valence-electron chi connectivity index (χ1n) is 6.83. The van der Waals surface area contributed by atoms with E-state index in [4.69, 9.17) is 4.74 Å². The molecule has 19 heavy (non-hydrogen) atoms. The van der Waals surface area contributed by atoms with Gasteiger partial charge in [0.15, 0.2) is 0 Å². The lowest BCUT2D eigenvalue weighted by atomic mass is 10.2. The first-order chi connectivity index (χ1) is 9.29. The zero-order valence-electron chi connectivity index (χ0n) is 11.4. The highest BCUT2D eigenvalue weighted by Gasteiger charge is 2.14. The Hall–Kier alpha value is -1.16. The molecule has 1 fully saturated rings. The number of carbonyl (C=O) groups excluding carboxylic acids is 1. The van der Waals surface area contributed by atoms with E-state index in [0.717, 1.165) is 23.3 Å². The van der Waals surface area contributed by atoms with Crippen LogP contribution in [-0.2, 0) is 0 Å². The summed E-state index contributed by atoms with van der Waals surface area (Å²) >= 11 is 1.99. The van der Waals surface area contributed by atoms with E-state index < -0.39 is 0 Å². The molecule has 2 rings (SSSR count). The normalized spacial score (nSPS) is 15.4. The predicted octanol–water partition coefficient (Wildman–Crippen LogP) is 3.10. The standard InChI is InChI=1S/C15H21NO2S/c1-18-13-8-6-12(7-9-13)15(17)16-10-11-19-14-4-2-3-5-14/h6-9,14H,2-5,10-11H2,1H3,(H,16,17). The molecule has 0 atom stereocenters. The van der Waals surface area contributed by atoms with Crippen LogP contribution in [0.5, 0.6) is 5.75 Å². The third kappa shape index (κ3) is 4.46. The van der Waals surface area contributed by atoms with E-state index in [-0.39, 0.29) is 5.91 Å². The van der Waals surface area contributed by atoms with Crippen molar-refractivity contribution in [3.05, 3.63) is 29.8 Å². The summed E-state index contributed by atoms with van der Waals surface area (Å²) in [6, 6.07) is 7.20. The van der Waals surface area contributed by atoms with Gasteiger partial charge in [0.2, 0.25) is 0 Å². The van der Waals surface area contributed by atoms with Crippen LogP contribution in [0.25, 0.3) is 0 Å². The zero-order chi connectivity index (χ0) is 13.5. The van der Waals surface area contributed by atoms with E-state index in [1.165, 1.54) is 25.7 Å². The van der Waals surface area contributed by atoms with Gasteiger partial charge in [0.1, 0.15) is 5.75 Å². The summed E-state index contributed by atoms with van der Waals surface area (Å²) in [5.41, 5.74) is 0.687. The van der Waals surface area contributed by atoms with Gasteiger partial charge in [-0.2, -0.15) is 11.8 Å². The Bertz CT molecular complexity index is 399. The van der Waals surface area contributed by atoms with E-state index >= 15 is 0 Å². The average Bonchev–Trinajstić information content (AvgIpc) is 2.96. The number of thioether (sulfide) groups is 1. The monoisotopic (exact) mass is 279 g/mol. The van der Waals surface area contributed by atoms with Crippen LogP contribution in [0.1, 0.15) is 36.0 Å². The van der Waals surface area contributed by atoms with Gasteiger partial charge in [-0.25, -0.2) is 0 Å². The fourth-order valence-electron chi connectivity index (χ4n) is 2.29. The van der Waals surface area contributed by atoms with Crippen molar-refractivity contribution in [2.75, 3.05) is 19.4 Å². The smallest absolute Gasteiger partial charge is 0.251 e. The Morgan fingerprint density at radius 3 is 2.63 bits per heavy atom. The van der Waals surface area contributed by atoms with Gasteiger partial charge in [-0.1, -0.05) is 12.8 Å². The largest absolute Gasteiger partial charge is 0.497 e. The second-order valence-corrected chi connectivity index (χ2v) is 6.17. The van der Waals surface area contributed by atoms with Crippen molar-refractivity contribution in [3.63, 3.8) is 0 Å². The number of carbonyl (C=O) groups is 1. The number of methoxy groups -OCH3 is 1.